The molecule has 1 heterocycles. The smallest absolute Gasteiger partial charge is 0.413 e. The van der Waals surface area contributed by atoms with E-state index in [-0.39, 0.29) is 6.54 Å². The van der Waals surface area contributed by atoms with Crippen LogP contribution in [0.4, 0.5) is 10.6 Å². The largest absolute Gasteiger partial charge is 0.494 e. The van der Waals surface area contributed by atoms with Crippen LogP contribution in [0.25, 0.3) is 0 Å². The van der Waals surface area contributed by atoms with Crippen LogP contribution in [0.5, 0.6) is 11.6 Å². The topological polar surface area (TPSA) is 71.9 Å². The van der Waals surface area contributed by atoms with Crippen molar-refractivity contribution in [3.05, 3.63) is 48.0 Å². The summed E-state index contributed by atoms with van der Waals surface area (Å²) in [6.45, 7) is 2.94. The van der Waals surface area contributed by atoms with Gasteiger partial charge in [0.2, 0.25) is 5.88 Å². The van der Waals surface area contributed by atoms with Gasteiger partial charge in [0, 0.05) is 6.07 Å². The fraction of sp³-hybridized carbons (Fsp3) is 0.333. The summed E-state index contributed by atoms with van der Waals surface area (Å²) in [5, 5.41) is 9.51. The predicted octanol–water partition coefficient (Wildman–Crippen LogP) is 3.95. The van der Waals surface area contributed by atoms with Crippen LogP contribution >= 0.6 is 0 Å². The minimum absolute atomic E-state index is 0.181. The van der Waals surface area contributed by atoms with Crippen molar-refractivity contribution in [2.24, 2.45) is 0 Å². The second-order valence-electron chi connectivity index (χ2n) is 5.26. The van der Waals surface area contributed by atoms with Crippen molar-refractivity contribution in [2.45, 2.75) is 26.3 Å². The van der Waals surface area contributed by atoms with Gasteiger partial charge < -0.3 is 14.6 Å². The fourth-order valence-corrected chi connectivity index (χ4v) is 2.17. The molecule has 0 aliphatic carbocycles. The Hall–Kier alpha value is -2.76. The third-order valence-corrected chi connectivity index (χ3v) is 3.43. The number of nitrogens with zero attached hydrogens (tertiary/aromatic N) is 2. The molecule has 0 aliphatic rings. The van der Waals surface area contributed by atoms with E-state index < -0.39 is 6.09 Å². The highest BCUT2D eigenvalue weighted by Crippen LogP contribution is 2.21. The quantitative estimate of drug-likeness (QED) is 0.742. The summed E-state index contributed by atoms with van der Waals surface area (Å²) in [5.74, 6) is 1.43. The molecule has 0 fully saturated rings. The highest BCUT2D eigenvalue weighted by molar-refractivity contribution is 5.84. The lowest BCUT2D eigenvalue weighted by Gasteiger charge is -2.19. The molecule has 0 unspecified atom stereocenters. The lowest BCUT2D eigenvalue weighted by Crippen LogP contribution is -2.29. The number of unbranched alkanes of at least 4 members (excludes halogenated alkanes) is 1. The van der Waals surface area contributed by atoms with Crippen LogP contribution in [0.1, 0.15) is 25.3 Å². The maximum atomic E-state index is 11.6. The Morgan fingerprint density at radius 2 is 2.04 bits per heavy atom. The molecule has 0 atom stereocenters. The van der Waals surface area contributed by atoms with E-state index >= 15 is 0 Å². The van der Waals surface area contributed by atoms with E-state index in [0.29, 0.717) is 18.3 Å². The van der Waals surface area contributed by atoms with Crippen LogP contribution in [0.3, 0.4) is 0 Å². The Labute approximate surface area is 141 Å². The lowest BCUT2D eigenvalue weighted by atomic mass is 10.2. The first kappa shape index (κ1) is 17.6. The van der Waals surface area contributed by atoms with Gasteiger partial charge in [0.05, 0.1) is 20.3 Å². The van der Waals surface area contributed by atoms with E-state index in [1.165, 1.54) is 12.0 Å². The molecule has 0 aliphatic heterocycles. The number of hydrogen-bond donors (Lipinski definition) is 1. The fourth-order valence-electron chi connectivity index (χ4n) is 2.17. The summed E-state index contributed by atoms with van der Waals surface area (Å²) in [5.41, 5.74) is 0.830. The highest BCUT2D eigenvalue weighted by atomic mass is 16.5. The van der Waals surface area contributed by atoms with Crippen LogP contribution < -0.4 is 14.4 Å². The average Bonchev–Trinajstić information content (AvgIpc) is 2.60. The number of hydrogen-bond acceptors (Lipinski definition) is 4. The Morgan fingerprint density at radius 1 is 1.25 bits per heavy atom. The maximum absolute atomic E-state index is 11.6. The van der Waals surface area contributed by atoms with Crippen molar-refractivity contribution in [1.82, 2.24) is 4.98 Å². The molecule has 1 N–H and O–H groups in total. The number of anilines is 1. The van der Waals surface area contributed by atoms with Crippen molar-refractivity contribution in [2.75, 3.05) is 18.6 Å². The first-order valence-corrected chi connectivity index (χ1v) is 7.87. The molecule has 24 heavy (non-hydrogen) atoms. The van der Waals surface area contributed by atoms with Crippen molar-refractivity contribution in [1.29, 1.82) is 0 Å². The first-order valence-electron chi connectivity index (χ1n) is 7.87. The molecule has 2 aromatic rings. The standard InChI is InChI=1S/C18H22N2O4/c1-3-4-11-24-15-8-5-7-14(12-15)13-20(18(21)22)16-9-6-10-17(19-16)23-2/h5-10,12H,3-4,11,13H2,1-2H3,(H,21,22). The molecule has 0 radical (unpaired) electrons. The number of benzene rings is 1. The maximum Gasteiger partial charge on any atom is 0.413 e. The Kier molecular flexibility index (Phi) is 6.42. The summed E-state index contributed by atoms with van der Waals surface area (Å²) < 4.78 is 10.7. The zero-order valence-corrected chi connectivity index (χ0v) is 13.9. The van der Waals surface area contributed by atoms with Crippen molar-refractivity contribution >= 4 is 11.9 Å². The van der Waals surface area contributed by atoms with Crippen LogP contribution in [0, 0.1) is 0 Å². The molecule has 1 aromatic carbocycles. The first-order chi connectivity index (χ1) is 11.6. The number of methoxy groups -OCH3 is 1. The van der Waals surface area contributed by atoms with Gasteiger partial charge in [0.25, 0.3) is 0 Å². The Morgan fingerprint density at radius 3 is 2.75 bits per heavy atom. The molecule has 0 bridgehead atoms. The summed E-state index contributed by atoms with van der Waals surface area (Å²) in [6.07, 6.45) is 0.973. The molecule has 0 saturated heterocycles. The molecule has 6 nitrogen and oxygen atoms in total. The summed E-state index contributed by atoms with van der Waals surface area (Å²) >= 11 is 0. The number of pyridine rings is 1. The van der Waals surface area contributed by atoms with Gasteiger partial charge in [-0.1, -0.05) is 31.5 Å². The number of rotatable bonds is 8. The van der Waals surface area contributed by atoms with Crippen LogP contribution in [-0.4, -0.2) is 29.9 Å². The normalized spacial score (nSPS) is 10.2. The predicted molar refractivity (Wildman–Crippen MR) is 91.8 cm³/mol. The molecule has 2 rings (SSSR count). The van der Waals surface area contributed by atoms with Gasteiger partial charge in [0.15, 0.2) is 0 Å². The van der Waals surface area contributed by atoms with Crippen LogP contribution in [-0.2, 0) is 6.54 Å². The minimum atomic E-state index is -1.08. The summed E-state index contributed by atoms with van der Waals surface area (Å²) in [7, 11) is 1.49. The van der Waals surface area contributed by atoms with E-state index in [1.54, 1.807) is 18.2 Å². The van der Waals surface area contributed by atoms with Gasteiger partial charge in [-0.15, -0.1) is 0 Å². The van der Waals surface area contributed by atoms with E-state index in [1.807, 2.05) is 24.3 Å². The molecule has 128 valence electrons. The van der Waals surface area contributed by atoms with E-state index in [0.717, 1.165) is 24.2 Å². The SMILES string of the molecule is CCCCOc1cccc(CN(C(=O)O)c2cccc(OC)n2)c1. The Balaban J connectivity index is 2.15. The van der Waals surface area contributed by atoms with Gasteiger partial charge in [-0.3, -0.25) is 4.90 Å². The number of ether oxygens (including phenoxy) is 2. The zero-order chi connectivity index (χ0) is 17.4. The molecule has 0 saturated carbocycles. The van der Waals surface area contributed by atoms with E-state index in [4.69, 9.17) is 9.47 Å². The van der Waals surface area contributed by atoms with Gasteiger partial charge in [0.1, 0.15) is 11.6 Å². The molecule has 6 heteroatoms. The molecular formula is C18H22N2O4. The second-order valence-corrected chi connectivity index (χ2v) is 5.26. The average molecular weight is 330 g/mol. The Bertz CT molecular complexity index is 676. The number of carboxylic acid groups (broad SMARTS) is 1. The van der Waals surface area contributed by atoms with Crippen molar-refractivity contribution < 1.29 is 19.4 Å². The van der Waals surface area contributed by atoms with Gasteiger partial charge >= 0.3 is 6.09 Å². The monoisotopic (exact) mass is 330 g/mol. The highest BCUT2D eigenvalue weighted by Gasteiger charge is 2.17. The summed E-state index contributed by atoms with van der Waals surface area (Å²) in [4.78, 5) is 17.0. The molecule has 0 spiro atoms. The zero-order valence-electron chi connectivity index (χ0n) is 13.9. The third-order valence-electron chi connectivity index (χ3n) is 3.43. The number of amides is 1. The molecule has 1 amide bonds. The van der Waals surface area contributed by atoms with Crippen LogP contribution in [0.2, 0.25) is 0 Å². The van der Waals surface area contributed by atoms with Crippen molar-refractivity contribution in [3.63, 3.8) is 0 Å². The van der Waals surface area contributed by atoms with Crippen LogP contribution in [0.15, 0.2) is 42.5 Å². The molecule has 1 aromatic heterocycles. The second kappa shape index (κ2) is 8.76. The number of aromatic nitrogens is 1. The van der Waals surface area contributed by atoms with E-state index in [2.05, 4.69) is 11.9 Å². The number of carbonyl (C=O) groups is 1. The lowest BCUT2D eigenvalue weighted by molar-refractivity contribution is 0.201. The van der Waals surface area contributed by atoms with E-state index in [9.17, 15) is 9.90 Å². The minimum Gasteiger partial charge on any atom is -0.494 e. The van der Waals surface area contributed by atoms with Crippen molar-refractivity contribution in [3.8, 4) is 11.6 Å². The molecular weight excluding hydrogens is 308 g/mol. The van der Waals surface area contributed by atoms with Gasteiger partial charge in [-0.25, -0.2) is 4.79 Å². The third kappa shape index (κ3) is 4.87. The van der Waals surface area contributed by atoms with Gasteiger partial charge in [-0.05, 0) is 30.2 Å². The summed E-state index contributed by atoms with van der Waals surface area (Å²) in [6, 6.07) is 12.5. The van der Waals surface area contributed by atoms with Gasteiger partial charge in [-0.2, -0.15) is 4.98 Å².